The molecule has 3 heteroatoms. The van der Waals surface area contributed by atoms with Crippen LogP contribution in [0.1, 0.15) is 33.6 Å². The fourth-order valence-electron chi connectivity index (χ4n) is 1.58. The van der Waals surface area contributed by atoms with Crippen molar-refractivity contribution in [3.05, 3.63) is 0 Å². The van der Waals surface area contributed by atoms with Crippen molar-refractivity contribution in [2.75, 3.05) is 19.8 Å². The number of hydrogen-bond donors (Lipinski definition) is 0. The first-order chi connectivity index (χ1) is 6.49. The molecule has 2 aliphatic rings. The summed E-state index contributed by atoms with van der Waals surface area (Å²) < 4.78 is 16.7. The Balaban J connectivity index is 1.78. The summed E-state index contributed by atoms with van der Waals surface area (Å²) in [5, 5.41) is 0. The molecule has 3 nitrogen and oxygen atoms in total. The molecule has 0 aromatic heterocycles. The summed E-state index contributed by atoms with van der Waals surface area (Å²) in [6.07, 6.45) is 2.46. The second-order valence-corrected chi connectivity index (χ2v) is 5.37. The van der Waals surface area contributed by atoms with Gasteiger partial charge in [-0.3, -0.25) is 0 Å². The lowest BCUT2D eigenvalue weighted by atomic mass is 9.94. The highest BCUT2D eigenvalue weighted by Crippen LogP contribution is 2.33. The highest BCUT2D eigenvalue weighted by atomic mass is 16.7. The highest BCUT2D eigenvalue weighted by molar-refractivity contribution is 4.79. The molecule has 2 rings (SSSR count). The third kappa shape index (κ3) is 2.69. The minimum absolute atomic E-state index is 0.162. The Morgan fingerprint density at radius 3 is 2.21 bits per heavy atom. The molecule has 14 heavy (non-hydrogen) atoms. The molecular formula is C11H20O3. The predicted molar refractivity (Wildman–Crippen MR) is 53.1 cm³/mol. The summed E-state index contributed by atoms with van der Waals surface area (Å²) in [4.78, 5) is 0. The third-order valence-electron chi connectivity index (χ3n) is 2.86. The van der Waals surface area contributed by atoms with E-state index in [0.717, 1.165) is 32.7 Å². The quantitative estimate of drug-likeness (QED) is 0.652. The monoisotopic (exact) mass is 200 g/mol. The van der Waals surface area contributed by atoms with Crippen LogP contribution in [0.5, 0.6) is 0 Å². The molecule has 82 valence electrons. The SMILES string of the molecule is CC1(C)COC(C)(CCC2CO2)OC1. The van der Waals surface area contributed by atoms with Crippen molar-refractivity contribution in [2.45, 2.75) is 45.5 Å². The van der Waals surface area contributed by atoms with Crippen molar-refractivity contribution < 1.29 is 14.2 Å². The van der Waals surface area contributed by atoms with Gasteiger partial charge in [-0.1, -0.05) is 13.8 Å². The molecule has 0 aliphatic carbocycles. The van der Waals surface area contributed by atoms with Crippen LogP contribution in [0, 0.1) is 5.41 Å². The first-order valence-corrected chi connectivity index (χ1v) is 5.39. The minimum Gasteiger partial charge on any atom is -0.373 e. The number of hydrogen-bond acceptors (Lipinski definition) is 3. The van der Waals surface area contributed by atoms with Gasteiger partial charge in [0.2, 0.25) is 0 Å². The second kappa shape index (κ2) is 3.47. The van der Waals surface area contributed by atoms with Gasteiger partial charge >= 0.3 is 0 Å². The maximum absolute atomic E-state index is 5.78. The van der Waals surface area contributed by atoms with Gasteiger partial charge in [-0.25, -0.2) is 0 Å². The van der Waals surface area contributed by atoms with E-state index in [1.807, 2.05) is 6.92 Å². The van der Waals surface area contributed by atoms with Gasteiger partial charge < -0.3 is 14.2 Å². The lowest BCUT2D eigenvalue weighted by Gasteiger charge is -2.41. The van der Waals surface area contributed by atoms with Crippen LogP contribution in [-0.2, 0) is 14.2 Å². The molecule has 2 fully saturated rings. The fourth-order valence-corrected chi connectivity index (χ4v) is 1.58. The second-order valence-electron chi connectivity index (χ2n) is 5.37. The number of epoxide rings is 1. The van der Waals surface area contributed by atoms with E-state index in [1.165, 1.54) is 0 Å². The van der Waals surface area contributed by atoms with Crippen LogP contribution in [0.4, 0.5) is 0 Å². The zero-order chi connectivity index (χ0) is 10.2. The Morgan fingerprint density at radius 1 is 1.14 bits per heavy atom. The van der Waals surface area contributed by atoms with Crippen molar-refractivity contribution >= 4 is 0 Å². The molecule has 0 saturated carbocycles. The van der Waals surface area contributed by atoms with Crippen LogP contribution in [0.25, 0.3) is 0 Å². The average Bonchev–Trinajstić information content (AvgIpc) is 2.92. The summed E-state index contributed by atoms with van der Waals surface area (Å²) in [6.45, 7) is 8.85. The van der Waals surface area contributed by atoms with Crippen LogP contribution < -0.4 is 0 Å². The summed E-state index contributed by atoms with van der Waals surface area (Å²) in [5.41, 5.74) is 0.162. The van der Waals surface area contributed by atoms with E-state index in [4.69, 9.17) is 14.2 Å². The van der Waals surface area contributed by atoms with Crippen LogP contribution in [0.15, 0.2) is 0 Å². The van der Waals surface area contributed by atoms with Gasteiger partial charge in [0.15, 0.2) is 5.79 Å². The summed E-state index contributed by atoms with van der Waals surface area (Å²) in [7, 11) is 0. The van der Waals surface area contributed by atoms with Crippen molar-refractivity contribution in [1.29, 1.82) is 0 Å². The minimum atomic E-state index is -0.374. The predicted octanol–water partition coefficient (Wildman–Crippen LogP) is 1.95. The van der Waals surface area contributed by atoms with Crippen molar-refractivity contribution in [3.63, 3.8) is 0 Å². The zero-order valence-electron chi connectivity index (χ0n) is 9.34. The molecule has 0 bridgehead atoms. The first kappa shape index (κ1) is 10.4. The summed E-state index contributed by atoms with van der Waals surface area (Å²) in [6, 6.07) is 0. The van der Waals surface area contributed by atoms with Gasteiger partial charge in [0.1, 0.15) is 0 Å². The summed E-state index contributed by atoms with van der Waals surface area (Å²) >= 11 is 0. The molecule has 0 spiro atoms. The molecule has 2 aliphatic heterocycles. The molecule has 0 radical (unpaired) electrons. The van der Waals surface area contributed by atoms with E-state index < -0.39 is 0 Å². The lowest BCUT2D eigenvalue weighted by Crippen LogP contribution is -2.45. The summed E-state index contributed by atoms with van der Waals surface area (Å²) in [5.74, 6) is -0.374. The molecule has 1 atom stereocenters. The van der Waals surface area contributed by atoms with E-state index >= 15 is 0 Å². The standard InChI is InChI=1S/C11H20O3/c1-10(2)7-13-11(3,14-8-10)5-4-9-6-12-9/h9H,4-8H2,1-3H3. The third-order valence-corrected chi connectivity index (χ3v) is 2.86. The van der Waals surface area contributed by atoms with Crippen LogP contribution in [0.3, 0.4) is 0 Å². The highest BCUT2D eigenvalue weighted by Gasteiger charge is 2.38. The molecule has 2 heterocycles. The van der Waals surface area contributed by atoms with Crippen LogP contribution in [-0.4, -0.2) is 31.7 Å². The molecule has 1 unspecified atom stereocenters. The van der Waals surface area contributed by atoms with Crippen LogP contribution in [0.2, 0.25) is 0 Å². The van der Waals surface area contributed by atoms with Gasteiger partial charge in [0.25, 0.3) is 0 Å². The Morgan fingerprint density at radius 2 is 1.71 bits per heavy atom. The van der Waals surface area contributed by atoms with Gasteiger partial charge in [-0.05, 0) is 13.3 Å². The normalized spacial score (nSPS) is 34.1. The van der Waals surface area contributed by atoms with E-state index in [2.05, 4.69) is 13.8 Å². The Hall–Kier alpha value is -0.120. The first-order valence-electron chi connectivity index (χ1n) is 5.39. The Labute approximate surface area is 85.7 Å². The lowest BCUT2D eigenvalue weighted by molar-refractivity contribution is -0.292. The largest absolute Gasteiger partial charge is 0.373 e. The van der Waals surface area contributed by atoms with E-state index in [9.17, 15) is 0 Å². The molecule has 0 amide bonds. The maximum Gasteiger partial charge on any atom is 0.165 e. The van der Waals surface area contributed by atoms with E-state index in [-0.39, 0.29) is 11.2 Å². The van der Waals surface area contributed by atoms with Crippen LogP contribution >= 0.6 is 0 Å². The van der Waals surface area contributed by atoms with Gasteiger partial charge in [-0.2, -0.15) is 0 Å². The smallest absolute Gasteiger partial charge is 0.165 e. The van der Waals surface area contributed by atoms with Gasteiger partial charge in [-0.15, -0.1) is 0 Å². The van der Waals surface area contributed by atoms with E-state index in [0.29, 0.717) is 6.10 Å². The van der Waals surface area contributed by atoms with Gasteiger partial charge in [0.05, 0.1) is 25.9 Å². The Bertz CT molecular complexity index is 193. The molecule has 0 N–H and O–H groups in total. The molecule has 0 aromatic carbocycles. The van der Waals surface area contributed by atoms with E-state index in [1.54, 1.807) is 0 Å². The fraction of sp³-hybridized carbons (Fsp3) is 1.00. The molecular weight excluding hydrogens is 180 g/mol. The number of ether oxygens (including phenoxy) is 3. The maximum atomic E-state index is 5.78. The molecule has 0 aromatic rings. The Kier molecular flexibility index (Phi) is 2.58. The zero-order valence-corrected chi connectivity index (χ0v) is 9.34. The number of rotatable bonds is 3. The molecule has 2 saturated heterocycles. The van der Waals surface area contributed by atoms with Crippen molar-refractivity contribution in [1.82, 2.24) is 0 Å². The van der Waals surface area contributed by atoms with Gasteiger partial charge in [0, 0.05) is 11.8 Å². The van der Waals surface area contributed by atoms with Crippen molar-refractivity contribution in [2.24, 2.45) is 5.41 Å². The topological polar surface area (TPSA) is 31.0 Å². The van der Waals surface area contributed by atoms with Crippen molar-refractivity contribution in [3.8, 4) is 0 Å². The average molecular weight is 200 g/mol.